The second-order valence-corrected chi connectivity index (χ2v) is 8.74. The average Bonchev–Trinajstić information content (AvgIpc) is 3.42. The molecule has 3 amide bonds. The Balaban J connectivity index is 1.76. The Morgan fingerprint density at radius 1 is 0.950 bits per heavy atom. The van der Waals surface area contributed by atoms with Crippen LogP contribution in [0.5, 0.6) is 0 Å². The second kappa shape index (κ2) is 13.9. The molecule has 2 heterocycles. The van der Waals surface area contributed by atoms with E-state index in [-0.39, 0.29) is 18.9 Å². The van der Waals surface area contributed by atoms with Gasteiger partial charge in [-0.15, -0.1) is 0 Å². The number of alkyl halides is 4. The first-order chi connectivity index (χ1) is 19.0. The number of rotatable bonds is 16. The van der Waals surface area contributed by atoms with E-state index in [1.165, 1.54) is 6.92 Å². The molecule has 2 aromatic rings. The lowest BCUT2D eigenvalue weighted by atomic mass is 9.94. The molecule has 0 radical (unpaired) electrons. The summed E-state index contributed by atoms with van der Waals surface area (Å²) in [5, 5.41) is 12.2. The van der Waals surface area contributed by atoms with Crippen molar-refractivity contribution in [3.63, 3.8) is 0 Å². The molecule has 3 rings (SSSR count). The molecule has 1 aliphatic heterocycles. The number of ketones is 1. The molecule has 4 N–H and O–H groups in total. The van der Waals surface area contributed by atoms with Crippen LogP contribution in [0.15, 0.2) is 36.7 Å². The quantitative estimate of drug-likeness (QED) is 0.158. The number of aromatic amines is 1. The number of benzene rings is 1. The van der Waals surface area contributed by atoms with Crippen LogP contribution < -0.4 is 16.0 Å². The van der Waals surface area contributed by atoms with Crippen molar-refractivity contribution in [1.29, 1.82) is 0 Å². The number of hydrogen-bond donors (Lipinski definition) is 4. The lowest BCUT2D eigenvalue weighted by Crippen LogP contribution is -2.59. The van der Waals surface area contributed by atoms with Crippen LogP contribution in [-0.4, -0.2) is 95.5 Å². The lowest BCUT2D eigenvalue weighted by Gasteiger charge is -2.25. The third-order valence-corrected chi connectivity index (χ3v) is 5.68. The van der Waals surface area contributed by atoms with Crippen molar-refractivity contribution < 1.29 is 51.0 Å². The summed E-state index contributed by atoms with van der Waals surface area (Å²) in [6.45, 7) is -7.15. The minimum Gasteiger partial charge on any atom is -0.361 e. The first-order valence-corrected chi connectivity index (χ1v) is 11.8. The molecule has 1 aromatic carbocycles. The number of ether oxygens (including phenoxy) is 3. The van der Waals surface area contributed by atoms with Crippen molar-refractivity contribution in [2.24, 2.45) is 0 Å². The Bertz CT molecular complexity index is 1150. The number of hydrogen-bond acceptors (Lipinski definition) is 9. The summed E-state index contributed by atoms with van der Waals surface area (Å²) in [5.41, 5.74) is -0.498. The zero-order chi connectivity index (χ0) is 29.3. The number of H-pyrrole nitrogens is 1. The molecule has 1 aromatic heterocycles. The lowest BCUT2D eigenvalue weighted by molar-refractivity contribution is -0.152. The Kier molecular flexibility index (Phi) is 10.6. The summed E-state index contributed by atoms with van der Waals surface area (Å²) in [6, 6.07) is 3.72. The van der Waals surface area contributed by atoms with Crippen molar-refractivity contribution in [2.45, 2.75) is 50.3 Å². The fourth-order valence-electron chi connectivity index (χ4n) is 3.47. The molecule has 40 heavy (non-hydrogen) atoms. The summed E-state index contributed by atoms with van der Waals surface area (Å²) in [4.78, 5) is 54.9. The highest BCUT2D eigenvalue weighted by Crippen LogP contribution is 2.29. The summed E-state index contributed by atoms with van der Waals surface area (Å²) < 4.78 is 64.5. The van der Waals surface area contributed by atoms with Gasteiger partial charge >= 0.3 is 13.2 Å². The monoisotopic (exact) mass is 574 g/mol. The number of halogens is 4. The highest BCUT2D eigenvalue weighted by atomic mass is 19.3. The molecule has 17 heteroatoms. The fraction of sp³-hybridized carbons (Fsp3) is 0.478. The largest absolute Gasteiger partial charge is 0.361 e. The highest BCUT2D eigenvalue weighted by molar-refractivity contribution is 5.99. The normalized spacial score (nSPS) is 18.6. The standard InChI is InChI=1S/C23H26F4N6O7/c1-23(10-40-23)16(34)13(7-12-5-3-2-4-6-12)30-18(35)14(8-38-21(24)25)31-19(36)15(9-39-22(26)27)32-20(37)17-28-11-29-33-17/h2-6,11,13-15,21-22H,7-10H2,1H3,(H,30,35)(H,31,36)(H,32,37)(H,28,29,33)/t13-,14-,15-,23-/m0/s1. The summed E-state index contributed by atoms with van der Waals surface area (Å²) >= 11 is 0. The van der Waals surface area contributed by atoms with Crippen LogP contribution in [0.1, 0.15) is 23.1 Å². The van der Waals surface area contributed by atoms with Crippen LogP contribution in [-0.2, 0) is 35.0 Å². The Hall–Kier alpha value is -3.96. The van der Waals surface area contributed by atoms with Crippen molar-refractivity contribution >= 4 is 23.5 Å². The maximum Gasteiger partial charge on any atom is 0.345 e. The average molecular weight is 574 g/mol. The molecule has 4 atom stereocenters. The van der Waals surface area contributed by atoms with Gasteiger partial charge in [-0.2, -0.15) is 22.7 Å². The number of amides is 3. The molecule has 1 aliphatic rings. The van der Waals surface area contributed by atoms with Crippen molar-refractivity contribution in [3.8, 4) is 0 Å². The van der Waals surface area contributed by atoms with Gasteiger partial charge in [0, 0.05) is 0 Å². The van der Waals surface area contributed by atoms with E-state index in [2.05, 4.69) is 40.6 Å². The molecule has 0 bridgehead atoms. The van der Waals surface area contributed by atoms with Crippen molar-refractivity contribution in [2.75, 3.05) is 19.8 Å². The topological polar surface area (TPSA) is 177 Å². The van der Waals surface area contributed by atoms with Crippen molar-refractivity contribution in [1.82, 2.24) is 31.1 Å². The van der Waals surface area contributed by atoms with E-state index in [0.29, 0.717) is 5.56 Å². The Morgan fingerprint density at radius 3 is 2.00 bits per heavy atom. The number of Topliss-reactive ketones (excluding diaryl/α,β-unsaturated/α-hetero) is 1. The first kappa shape index (κ1) is 30.6. The molecule has 1 saturated heterocycles. The minimum absolute atomic E-state index is 0.0127. The zero-order valence-corrected chi connectivity index (χ0v) is 20.9. The molecular weight excluding hydrogens is 548 g/mol. The maximum absolute atomic E-state index is 13.1. The number of carbonyl (C=O) groups is 4. The number of carbonyl (C=O) groups excluding carboxylic acids is 4. The third kappa shape index (κ3) is 9.06. The van der Waals surface area contributed by atoms with E-state index in [4.69, 9.17) is 4.74 Å². The van der Waals surface area contributed by atoms with Gasteiger partial charge in [-0.1, -0.05) is 30.3 Å². The Morgan fingerprint density at radius 2 is 1.50 bits per heavy atom. The number of aromatic nitrogens is 3. The molecule has 1 fully saturated rings. The van der Waals surface area contributed by atoms with Gasteiger partial charge in [-0.25, -0.2) is 4.98 Å². The number of nitrogens with zero attached hydrogens (tertiary/aromatic N) is 2. The summed E-state index contributed by atoms with van der Waals surface area (Å²) in [5.74, 6) is -4.25. The van der Waals surface area contributed by atoms with Crippen LogP contribution in [0.25, 0.3) is 0 Å². The van der Waals surface area contributed by atoms with Gasteiger partial charge in [-0.3, -0.25) is 24.3 Å². The molecular formula is C23H26F4N6O7. The van der Waals surface area contributed by atoms with Gasteiger partial charge in [0.1, 0.15) is 24.0 Å². The van der Waals surface area contributed by atoms with Gasteiger partial charge in [0.15, 0.2) is 5.78 Å². The third-order valence-electron chi connectivity index (χ3n) is 5.68. The predicted molar refractivity (Wildman–Crippen MR) is 125 cm³/mol. The van der Waals surface area contributed by atoms with Gasteiger partial charge < -0.3 is 30.2 Å². The van der Waals surface area contributed by atoms with Crippen LogP contribution >= 0.6 is 0 Å². The van der Waals surface area contributed by atoms with Crippen LogP contribution in [0.2, 0.25) is 0 Å². The molecule has 218 valence electrons. The van der Waals surface area contributed by atoms with Gasteiger partial charge in [0.05, 0.1) is 25.9 Å². The van der Waals surface area contributed by atoms with Crippen LogP contribution in [0.4, 0.5) is 17.6 Å². The van der Waals surface area contributed by atoms with E-state index >= 15 is 0 Å². The molecule has 0 spiro atoms. The maximum atomic E-state index is 13.1. The summed E-state index contributed by atoms with van der Waals surface area (Å²) in [6.07, 6.45) is 0.987. The van der Waals surface area contributed by atoms with Gasteiger partial charge in [-0.05, 0) is 18.9 Å². The SMILES string of the molecule is C[C@@]1(C(=O)[C@H](Cc2ccccc2)NC(=O)[C@H](COC(F)F)NC(=O)[C@H](COC(F)F)NC(=O)c2ncn[nH]2)CO1. The van der Waals surface area contributed by atoms with Gasteiger partial charge in [0.2, 0.25) is 17.6 Å². The van der Waals surface area contributed by atoms with E-state index in [0.717, 1.165) is 6.33 Å². The van der Waals surface area contributed by atoms with Crippen molar-refractivity contribution in [3.05, 3.63) is 48.0 Å². The van der Waals surface area contributed by atoms with E-state index in [1.54, 1.807) is 30.3 Å². The van der Waals surface area contributed by atoms with Gasteiger partial charge in [0.25, 0.3) is 5.91 Å². The fourth-order valence-corrected chi connectivity index (χ4v) is 3.47. The zero-order valence-electron chi connectivity index (χ0n) is 20.9. The summed E-state index contributed by atoms with van der Waals surface area (Å²) in [7, 11) is 0. The van der Waals surface area contributed by atoms with Crippen LogP contribution in [0.3, 0.4) is 0 Å². The van der Waals surface area contributed by atoms with E-state index < -0.39 is 73.7 Å². The number of nitrogens with one attached hydrogen (secondary N) is 4. The Labute approximate surface area is 224 Å². The molecule has 13 nitrogen and oxygen atoms in total. The van der Waals surface area contributed by atoms with Crippen LogP contribution in [0, 0.1) is 0 Å². The second-order valence-electron chi connectivity index (χ2n) is 8.74. The predicted octanol–water partition coefficient (Wildman–Crippen LogP) is -0.0482. The minimum atomic E-state index is -3.34. The number of epoxide rings is 1. The molecule has 0 saturated carbocycles. The van der Waals surface area contributed by atoms with E-state index in [9.17, 15) is 36.7 Å². The smallest absolute Gasteiger partial charge is 0.345 e. The molecule has 0 aliphatic carbocycles. The molecule has 0 unspecified atom stereocenters. The van der Waals surface area contributed by atoms with E-state index in [1.807, 2.05) is 0 Å². The first-order valence-electron chi connectivity index (χ1n) is 11.8. The highest BCUT2D eigenvalue weighted by Gasteiger charge is 2.50.